The van der Waals surface area contributed by atoms with Crippen molar-refractivity contribution in [2.24, 2.45) is 4.99 Å². The predicted molar refractivity (Wildman–Crippen MR) is 155 cm³/mol. The van der Waals surface area contributed by atoms with Crippen molar-refractivity contribution < 1.29 is 5.11 Å². The van der Waals surface area contributed by atoms with Crippen LogP contribution in [-0.4, -0.2) is 17.4 Å². The van der Waals surface area contributed by atoms with Gasteiger partial charge >= 0.3 is 0 Å². The molecule has 0 aliphatic heterocycles. The fourth-order valence-corrected chi connectivity index (χ4v) is 5.30. The Morgan fingerprint density at radius 2 is 1.51 bits per heavy atom. The molecule has 0 aromatic heterocycles. The molecule has 35 heavy (non-hydrogen) atoms. The van der Waals surface area contributed by atoms with Crippen molar-refractivity contribution in [1.29, 1.82) is 0 Å². The van der Waals surface area contributed by atoms with E-state index in [2.05, 4.69) is 109 Å². The van der Waals surface area contributed by atoms with Crippen LogP contribution in [0.15, 0.2) is 59.1 Å². The lowest BCUT2D eigenvalue weighted by atomic mass is 9.69. The lowest BCUT2D eigenvalue weighted by molar-refractivity contribution is 0.0415. The Morgan fingerprint density at radius 1 is 0.914 bits per heavy atom. The van der Waals surface area contributed by atoms with E-state index < -0.39 is 5.60 Å². The number of nitrogens with zero attached hydrogens (tertiary/aromatic N) is 1. The Balaban J connectivity index is 2.45. The van der Waals surface area contributed by atoms with Crippen molar-refractivity contribution in [3.63, 3.8) is 0 Å². The van der Waals surface area contributed by atoms with Crippen LogP contribution >= 0.6 is 0 Å². The number of hydrogen-bond acceptors (Lipinski definition) is 2. The average Bonchev–Trinajstić information content (AvgIpc) is 2.81. The van der Waals surface area contributed by atoms with Crippen LogP contribution in [0.4, 0.5) is 0 Å². The Kier molecular flexibility index (Phi) is 10.3. The lowest BCUT2D eigenvalue weighted by Gasteiger charge is -2.34. The molecule has 1 atom stereocenters. The van der Waals surface area contributed by atoms with E-state index in [1.807, 2.05) is 6.92 Å². The third kappa shape index (κ3) is 7.04. The van der Waals surface area contributed by atoms with Crippen LogP contribution in [0, 0.1) is 13.8 Å². The van der Waals surface area contributed by atoms with Gasteiger partial charge in [0.15, 0.2) is 0 Å². The van der Waals surface area contributed by atoms with Gasteiger partial charge in [-0.2, -0.15) is 0 Å². The van der Waals surface area contributed by atoms with Gasteiger partial charge in [0.05, 0.1) is 11.3 Å². The van der Waals surface area contributed by atoms with Gasteiger partial charge in [0.2, 0.25) is 0 Å². The summed E-state index contributed by atoms with van der Waals surface area (Å²) in [6.45, 7) is 21.1. The number of rotatable bonds is 12. The van der Waals surface area contributed by atoms with Crippen molar-refractivity contribution in [3.05, 3.63) is 87.5 Å². The first-order valence-electron chi connectivity index (χ1n) is 13.3. The van der Waals surface area contributed by atoms with Gasteiger partial charge in [-0.05, 0) is 107 Å². The molecule has 0 radical (unpaired) electrons. The smallest absolute Gasteiger partial charge is 0.0697 e. The van der Waals surface area contributed by atoms with Gasteiger partial charge in [-0.25, -0.2) is 0 Å². The molecular weight excluding hydrogens is 426 g/mol. The highest BCUT2D eigenvalue weighted by atomic mass is 16.3. The molecule has 1 N–H and O–H groups in total. The van der Waals surface area contributed by atoms with Gasteiger partial charge in [-0.15, -0.1) is 0 Å². The molecule has 190 valence electrons. The summed E-state index contributed by atoms with van der Waals surface area (Å²) in [4.78, 5) is 4.30. The molecule has 0 saturated heterocycles. The van der Waals surface area contributed by atoms with Gasteiger partial charge in [0.25, 0.3) is 0 Å². The molecule has 2 rings (SSSR count). The summed E-state index contributed by atoms with van der Waals surface area (Å²) >= 11 is 0. The van der Waals surface area contributed by atoms with Crippen LogP contribution in [0.5, 0.6) is 0 Å². The molecule has 2 aromatic rings. The number of aryl methyl sites for hydroxylation is 3. The first-order valence-corrected chi connectivity index (χ1v) is 13.3. The van der Waals surface area contributed by atoms with Crippen molar-refractivity contribution >= 4 is 12.4 Å². The topological polar surface area (TPSA) is 32.6 Å². The summed E-state index contributed by atoms with van der Waals surface area (Å²) in [5, 5.41) is 10.6. The molecule has 2 heteroatoms. The SMILES string of the molecule is C=N/C(=C\C=C(C)C)c1ccc(C(CC)(CC)c2ccc(CCC(C)(O)CCC)c(C)c2)cc1C. The van der Waals surface area contributed by atoms with E-state index in [0.717, 1.165) is 49.8 Å². The molecule has 2 nitrogen and oxygen atoms in total. The summed E-state index contributed by atoms with van der Waals surface area (Å²) in [5.41, 5.74) is 9.26. The zero-order valence-corrected chi connectivity index (χ0v) is 23.5. The van der Waals surface area contributed by atoms with E-state index in [1.54, 1.807) is 0 Å². The average molecular weight is 474 g/mol. The second-order valence-electron chi connectivity index (χ2n) is 10.7. The first kappa shape index (κ1) is 28.8. The number of aliphatic hydroxyl groups is 1. The molecule has 0 aliphatic rings. The standard InChI is InChI=1S/C33H47NO/c1-10-20-32(8,35)21-19-27-14-15-28(22-25(27)6)33(11-2,12-3)29-16-17-30(26(7)23-29)31(34-9)18-13-24(4)5/h13-18,22-23,35H,9-12,19-21H2,1-8H3/b31-18-. The Bertz CT molecular complexity index is 1060. The third-order valence-corrected chi connectivity index (χ3v) is 7.62. The predicted octanol–water partition coefficient (Wildman–Crippen LogP) is 8.90. The monoisotopic (exact) mass is 473 g/mol. The summed E-state index contributed by atoms with van der Waals surface area (Å²) in [5.74, 6) is 0. The summed E-state index contributed by atoms with van der Waals surface area (Å²) in [6, 6.07) is 13.8. The maximum atomic E-state index is 10.6. The van der Waals surface area contributed by atoms with Crippen LogP contribution in [0.3, 0.4) is 0 Å². The number of aliphatic imine (C=N–C) groups is 1. The normalized spacial score (nSPS) is 13.9. The largest absolute Gasteiger partial charge is 0.390 e. The van der Waals surface area contributed by atoms with Crippen LogP contribution < -0.4 is 0 Å². The molecule has 0 spiro atoms. The second-order valence-corrected chi connectivity index (χ2v) is 10.7. The van der Waals surface area contributed by atoms with Crippen molar-refractivity contribution in [2.75, 3.05) is 0 Å². The number of benzene rings is 2. The Hall–Kier alpha value is -2.45. The van der Waals surface area contributed by atoms with E-state index in [4.69, 9.17) is 0 Å². The molecule has 2 aromatic carbocycles. The lowest BCUT2D eigenvalue weighted by Crippen LogP contribution is -2.27. The van der Waals surface area contributed by atoms with Gasteiger partial charge in [-0.1, -0.05) is 75.2 Å². The number of hydrogen-bond donors (Lipinski definition) is 1. The zero-order valence-electron chi connectivity index (χ0n) is 23.5. The molecule has 0 heterocycles. The van der Waals surface area contributed by atoms with Crippen molar-refractivity contribution in [1.82, 2.24) is 0 Å². The summed E-state index contributed by atoms with van der Waals surface area (Å²) in [6.07, 6.45) is 9.78. The van der Waals surface area contributed by atoms with E-state index in [1.165, 1.54) is 33.4 Å². The van der Waals surface area contributed by atoms with Crippen LogP contribution in [0.1, 0.15) is 107 Å². The molecule has 0 aliphatic carbocycles. The quantitative estimate of drug-likeness (QED) is 0.242. The molecular formula is C33H47NO. The van der Waals surface area contributed by atoms with E-state index in [-0.39, 0.29) is 5.41 Å². The molecule has 0 fully saturated rings. The molecule has 0 amide bonds. The highest BCUT2D eigenvalue weighted by Crippen LogP contribution is 2.41. The molecule has 0 bridgehead atoms. The first-order chi connectivity index (χ1) is 16.5. The summed E-state index contributed by atoms with van der Waals surface area (Å²) < 4.78 is 0. The van der Waals surface area contributed by atoms with Gasteiger partial charge in [-0.3, -0.25) is 4.99 Å². The fraction of sp³-hybridized carbons (Fsp3) is 0.485. The highest BCUT2D eigenvalue weighted by molar-refractivity contribution is 5.72. The Morgan fingerprint density at radius 3 is 2.00 bits per heavy atom. The zero-order chi connectivity index (χ0) is 26.2. The second kappa shape index (κ2) is 12.5. The minimum atomic E-state index is -0.588. The maximum Gasteiger partial charge on any atom is 0.0697 e. The summed E-state index contributed by atoms with van der Waals surface area (Å²) in [7, 11) is 0. The van der Waals surface area contributed by atoms with Crippen molar-refractivity contribution in [2.45, 2.75) is 105 Å². The van der Waals surface area contributed by atoms with Crippen LogP contribution in [0.25, 0.3) is 5.70 Å². The van der Waals surface area contributed by atoms with E-state index in [9.17, 15) is 5.11 Å². The number of allylic oxidation sites excluding steroid dienone is 3. The van der Waals surface area contributed by atoms with Gasteiger partial charge in [0, 0.05) is 11.0 Å². The maximum absolute atomic E-state index is 10.6. The molecule has 1 unspecified atom stereocenters. The van der Waals surface area contributed by atoms with E-state index >= 15 is 0 Å². The third-order valence-electron chi connectivity index (χ3n) is 7.62. The highest BCUT2D eigenvalue weighted by Gasteiger charge is 2.31. The van der Waals surface area contributed by atoms with Crippen molar-refractivity contribution in [3.8, 4) is 0 Å². The minimum Gasteiger partial charge on any atom is -0.390 e. The van der Waals surface area contributed by atoms with Gasteiger partial charge in [0.1, 0.15) is 0 Å². The van der Waals surface area contributed by atoms with Crippen LogP contribution in [-0.2, 0) is 11.8 Å². The fourth-order valence-electron chi connectivity index (χ4n) is 5.30. The van der Waals surface area contributed by atoms with Gasteiger partial charge < -0.3 is 5.11 Å². The van der Waals surface area contributed by atoms with E-state index in [0.29, 0.717) is 0 Å². The minimum absolute atomic E-state index is 0.0360. The van der Waals surface area contributed by atoms with Crippen LogP contribution in [0.2, 0.25) is 0 Å². The Labute approximate surface area is 214 Å². The molecule has 0 saturated carbocycles.